The molecule has 0 heterocycles. The van der Waals surface area contributed by atoms with Gasteiger partial charge in [-0.1, -0.05) is 53.5 Å². The quantitative estimate of drug-likeness (QED) is 0.168. The maximum atomic E-state index is 12.9. The number of hydrogen-bond acceptors (Lipinski definition) is 6. The standard InChI is InChI=1S/C31H35Cl2NO7/c1-2-39-29(30(35)36)20-23-10-12-27(13-11-23)40-17-15-34(31(37)41-28-8-4-3-5-9-28)14-6-7-16-38-22-24-18-25(32)21-26(33)19-24/h3-5,8-13,18-19,21,29H,2,6-7,14-17,20,22H2,1H3,(H,35,36). The van der Waals surface area contributed by atoms with Crippen molar-refractivity contribution in [2.75, 3.05) is 32.9 Å². The van der Waals surface area contributed by atoms with Crippen LogP contribution < -0.4 is 9.47 Å². The second kappa shape index (κ2) is 17.5. The molecule has 41 heavy (non-hydrogen) atoms. The average Bonchev–Trinajstić information content (AvgIpc) is 2.94. The monoisotopic (exact) mass is 603 g/mol. The van der Waals surface area contributed by atoms with Crippen LogP contribution >= 0.6 is 23.2 Å². The summed E-state index contributed by atoms with van der Waals surface area (Å²) in [6.07, 6.45) is 0.362. The summed E-state index contributed by atoms with van der Waals surface area (Å²) in [6, 6.07) is 21.4. The molecule has 1 N–H and O–H groups in total. The molecule has 0 spiro atoms. The first kappa shape index (κ1) is 32.2. The number of aliphatic carboxylic acids is 1. The second-order valence-electron chi connectivity index (χ2n) is 9.18. The number of carboxylic acids is 1. The molecule has 0 fully saturated rings. The largest absolute Gasteiger partial charge is 0.492 e. The van der Waals surface area contributed by atoms with Crippen LogP contribution in [0.3, 0.4) is 0 Å². The van der Waals surface area contributed by atoms with E-state index in [4.69, 9.17) is 42.1 Å². The minimum absolute atomic E-state index is 0.256. The summed E-state index contributed by atoms with van der Waals surface area (Å²) in [6.45, 7) is 4.04. The van der Waals surface area contributed by atoms with Gasteiger partial charge in [-0.05, 0) is 73.4 Å². The first-order valence-electron chi connectivity index (χ1n) is 13.4. The number of hydrogen-bond donors (Lipinski definition) is 1. The van der Waals surface area contributed by atoms with Gasteiger partial charge in [0, 0.05) is 36.2 Å². The number of amides is 1. The molecule has 0 aliphatic carbocycles. The van der Waals surface area contributed by atoms with E-state index < -0.39 is 18.2 Å². The van der Waals surface area contributed by atoms with Crippen molar-refractivity contribution < 1.29 is 33.6 Å². The Morgan fingerprint density at radius 3 is 2.22 bits per heavy atom. The van der Waals surface area contributed by atoms with E-state index in [1.165, 1.54) is 0 Å². The number of unbranched alkanes of at least 4 members (excludes halogenated alkanes) is 1. The van der Waals surface area contributed by atoms with E-state index in [0.717, 1.165) is 17.5 Å². The molecular weight excluding hydrogens is 569 g/mol. The van der Waals surface area contributed by atoms with Crippen LogP contribution in [0.15, 0.2) is 72.8 Å². The molecule has 1 atom stereocenters. The number of halogens is 2. The number of benzene rings is 3. The predicted molar refractivity (Wildman–Crippen MR) is 158 cm³/mol. The molecule has 0 aromatic heterocycles. The normalized spacial score (nSPS) is 11.6. The van der Waals surface area contributed by atoms with E-state index in [-0.39, 0.29) is 13.0 Å². The lowest BCUT2D eigenvalue weighted by Gasteiger charge is -2.22. The van der Waals surface area contributed by atoms with Gasteiger partial charge >= 0.3 is 12.1 Å². The summed E-state index contributed by atoms with van der Waals surface area (Å²) < 4.78 is 22.4. The fourth-order valence-corrected chi connectivity index (χ4v) is 4.54. The van der Waals surface area contributed by atoms with E-state index in [9.17, 15) is 14.7 Å². The molecule has 0 aliphatic heterocycles. The van der Waals surface area contributed by atoms with Crippen molar-refractivity contribution in [3.05, 3.63) is 94.0 Å². The lowest BCUT2D eigenvalue weighted by Crippen LogP contribution is -2.37. The average molecular weight is 605 g/mol. The molecule has 8 nitrogen and oxygen atoms in total. The summed E-state index contributed by atoms with van der Waals surface area (Å²) in [5, 5.41) is 10.4. The SMILES string of the molecule is CCOC(Cc1ccc(OCCN(CCCCOCc2cc(Cl)cc(Cl)c2)C(=O)Oc2ccccc2)cc1)C(=O)O. The minimum atomic E-state index is -0.993. The zero-order chi connectivity index (χ0) is 29.5. The van der Waals surface area contributed by atoms with Gasteiger partial charge in [0.2, 0.25) is 0 Å². The highest BCUT2D eigenvalue weighted by Gasteiger charge is 2.18. The van der Waals surface area contributed by atoms with Gasteiger partial charge in [-0.2, -0.15) is 0 Å². The summed E-state index contributed by atoms with van der Waals surface area (Å²) in [7, 11) is 0. The molecular formula is C31H35Cl2NO7. The lowest BCUT2D eigenvalue weighted by atomic mass is 10.1. The third-order valence-electron chi connectivity index (χ3n) is 5.98. The maximum absolute atomic E-state index is 12.9. The highest BCUT2D eigenvalue weighted by Crippen LogP contribution is 2.20. The van der Waals surface area contributed by atoms with Crippen molar-refractivity contribution in [2.24, 2.45) is 0 Å². The number of nitrogens with zero attached hydrogens (tertiary/aromatic N) is 1. The Balaban J connectivity index is 1.47. The van der Waals surface area contributed by atoms with Gasteiger partial charge in [0.25, 0.3) is 0 Å². The molecule has 1 amide bonds. The Morgan fingerprint density at radius 1 is 0.854 bits per heavy atom. The Bertz CT molecular complexity index is 1200. The summed E-state index contributed by atoms with van der Waals surface area (Å²) in [5.41, 5.74) is 1.73. The van der Waals surface area contributed by atoms with Gasteiger partial charge < -0.3 is 29.0 Å². The number of carbonyl (C=O) groups is 2. The van der Waals surface area contributed by atoms with Crippen molar-refractivity contribution in [3.8, 4) is 11.5 Å². The minimum Gasteiger partial charge on any atom is -0.492 e. The van der Waals surface area contributed by atoms with Crippen LogP contribution in [0.1, 0.15) is 30.9 Å². The van der Waals surface area contributed by atoms with Gasteiger partial charge in [0.05, 0.1) is 13.2 Å². The van der Waals surface area contributed by atoms with E-state index >= 15 is 0 Å². The number of ether oxygens (including phenoxy) is 4. The van der Waals surface area contributed by atoms with Crippen LogP contribution in [0.2, 0.25) is 10.0 Å². The molecule has 10 heteroatoms. The maximum Gasteiger partial charge on any atom is 0.415 e. The Kier molecular flexibility index (Phi) is 13.8. The van der Waals surface area contributed by atoms with Gasteiger partial charge in [0.15, 0.2) is 6.10 Å². The van der Waals surface area contributed by atoms with E-state index in [1.54, 1.807) is 54.3 Å². The van der Waals surface area contributed by atoms with Crippen LogP contribution in [-0.4, -0.2) is 61.1 Å². The van der Waals surface area contributed by atoms with Gasteiger partial charge in [0.1, 0.15) is 18.1 Å². The molecule has 0 radical (unpaired) electrons. The number of carboxylic acid groups (broad SMARTS) is 1. The van der Waals surface area contributed by atoms with Crippen LogP contribution in [-0.2, 0) is 27.3 Å². The smallest absolute Gasteiger partial charge is 0.415 e. The van der Waals surface area contributed by atoms with Crippen LogP contribution in [0.5, 0.6) is 11.5 Å². The lowest BCUT2D eigenvalue weighted by molar-refractivity contribution is -0.149. The first-order chi connectivity index (χ1) is 19.8. The van der Waals surface area contributed by atoms with Gasteiger partial charge in [-0.15, -0.1) is 0 Å². The molecule has 3 rings (SSSR count). The highest BCUT2D eigenvalue weighted by atomic mass is 35.5. The third-order valence-corrected chi connectivity index (χ3v) is 6.42. The van der Waals surface area contributed by atoms with Crippen LogP contribution in [0.25, 0.3) is 0 Å². The fourth-order valence-electron chi connectivity index (χ4n) is 3.97. The Labute approximate surface area is 250 Å². The molecule has 220 valence electrons. The Morgan fingerprint density at radius 2 is 1.56 bits per heavy atom. The van der Waals surface area contributed by atoms with Crippen LogP contribution in [0, 0.1) is 0 Å². The topological polar surface area (TPSA) is 94.5 Å². The summed E-state index contributed by atoms with van der Waals surface area (Å²) in [4.78, 5) is 25.9. The van der Waals surface area contributed by atoms with Gasteiger partial charge in [-0.3, -0.25) is 0 Å². The summed E-state index contributed by atoms with van der Waals surface area (Å²) in [5.74, 6) is 0.0874. The Hall–Kier alpha value is -3.30. The molecule has 0 saturated carbocycles. The zero-order valence-corrected chi connectivity index (χ0v) is 24.5. The molecule has 3 aromatic rings. The van der Waals surface area contributed by atoms with Crippen molar-refractivity contribution in [1.29, 1.82) is 0 Å². The number of rotatable bonds is 17. The van der Waals surface area contributed by atoms with E-state index in [1.807, 2.05) is 30.3 Å². The molecule has 0 saturated heterocycles. The molecule has 3 aromatic carbocycles. The summed E-state index contributed by atoms with van der Waals surface area (Å²) >= 11 is 12.1. The zero-order valence-electron chi connectivity index (χ0n) is 23.0. The predicted octanol–water partition coefficient (Wildman–Crippen LogP) is 6.90. The molecule has 0 bridgehead atoms. The van der Waals surface area contributed by atoms with Crippen LogP contribution in [0.4, 0.5) is 4.79 Å². The van der Waals surface area contributed by atoms with Crippen molar-refractivity contribution in [1.82, 2.24) is 4.90 Å². The van der Waals surface area contributed by atoms with E-state index in [2.05, 4.69) is 0 Å². The van der Waals surface area contributed by atoms with Crippen molar-refractivity contribution in [3.63, 3.8) is 0 Å². The number of para-hydroxylation sites is 1. The fraction of sp³-hybridized carbons (Fsp3) is 0.355. The van der Waals surface area contributed by atoms with Gasteiger partial charge in [-0.25, -0.2) is 9.59 Å². The first-order valence-corrected chi connectivity index (χ1v) is 14.2. The van der Waals surface area contributed by atoms with Crippen molar-refractivity contribution in [2.45, 2.75) is 38.9 Å². The van der Waals surface area contributed by atoms with E-state index in [0.29, 0.717) is 60.9 Å². The third kappa shape index (κ3) is 12.0. The molecule has 1 unspecified atom stereocenters. The highest BCUT2D eigenvalue weighted by molar-refractivity contribution is 6.34. The number of carbonyl (C=O) groups excluding carboxylic acids is 1. The molecule has 0 aliphatic rings. The van der Waals surface area contributed by atoms with Crippen molar-refractivity contribution >= 4 is 35.3 Å². The second-order valence-corrected chi connectivity index (χ2v) is 10.1.